The molecule has 0 saturated carbocycles. The number of aromatic nitrogens is 6. The Kier molecular flexibility index (Phi) is 11.9. The highest BCUT2D eigenvalue weighted by atomic mass is 32.1. The number of carbonyl (C=O) groups is 2. The maximum atomic E-state index is 12.9. The van der Waals surface area contributed by atoms with Gasteiger partial charge in [-0.25, -0.2) is 14.6 Å². The zero-order valence-electron chi connectivity index (χ0n) is 31.2. The second-order valence-corrected chi connectivity index (χ2v) is 24.3. The van der Waals surface area contributed by atoms with Gasteiger partial charge in [0.05, 0.1) is 28.7 Å². The van der Waals surface area contributed by atoms with Crippen molar-refractivity contribution in [3.8, 4) is 21.4 Å². The van der Waals surface area contributed by atoms with Crippen LogP contribution in [0.25, 0.3) is 21.4 Å². The molecule has 272 valence electrons. The van der Waals surface area contributed by atoms with E-state index in [0.29, 0.717) is 23.6 Å². The Morgan fingerprint density at radius 1 is 0.840 bits per heavy atom. The lowest BCUT2D eigenvalue weighted by Crippen LogP contribution is -2.40. The number of fused-ring (bicyclic) bond motifs is 2. The molecule has 3 N–H and O–H groups in total. The van der Waals surface area contributed by atoms with E-state index in [0.717, 1.165) is 54.0 Å². The van der Waals surface area contributed by atoms with Crippen molar-refractivity contribution in [3.63, 3.8) is 0 Å². The van der Waals surface area contributed by atoms with Crippen molar-refractivity contribution in [1.82, 2.24) is 40.6 Å². The van der Waals surface area contributed by atoms with Crippen molar-refractivity contribution in [1.29, 1.82) is 0 Å². The fourth-order valence-corrected chi connectivity index (χ4v) is 8.76. The molecule has 6 rings (SSSR count). The fraction of sp³-hybridized carbons (Fsp3) is 0.611. The average Bonchev–Trinajstić information content (AvgIpc) is 3.81. The summed E-state index contributed by atoms with van der Waals surface area (Å²) in [7, 11) is -1.13. The monoisotopic (exact) mass is 738 g/mol. The van der Waals surface area contributed by atoms with Gasteiger partial charge in [0.15, 0.2) is 0 Å². The molecule has 0 spiro atoms. The normalized spacial score (nSPS) is 14.7. The predicted octanol–water partition coefficient (Wildman–Crippen LogP) is 7.67. The molecule has 4 aromatic heterocycles. The molecular weight excluding hydrogens is 685 g/mol. The Hall–Kier alpha value is -3.20. The SMILES string of the molecule is CC(C)(C)NC(=O)c1cn(COCC[Si](C)(C)C)nc1-c1nc2c(s1)CCCC2.CC(C)(C)NC(=O)c1cn[nH]c1-c1nc2c(s1)CCCC2. The van der Waals surface area contributed by atoms with Crippen LogP contribution in [-0.4, -0.2) is 67.5 Å². The number of nitrogens with zero attached hydrogens (tertiary/aromatic N) is 5. The van der Waals surface area contributed by atoms with Crippen molar-refractivity contribution >= 4 is 42.6 Å². The summed E-state index contributed by atoms with van der Waals surface area (Å²) < 4.78 is 7.58. The highest BCUT2D eigenvalue weighted by Gasteiger charge is 2.27. The Morgan fingerprint density at radius 3 is 1.94 bits per heavy atom. The molecule has 2 aliphatic rings. The summed E-state index contributed by atoms with van der Waals surface area (Å²) >= 11 is 3.36. The number of hydrogen-bond acceptors (Lipinski definition) is 9. The lowest BCUT2D eigenvalue weighted by molar-refractivity contribution is 0.0785. The van der Waals surface area contributed by atoms with Crippen LogP contribution < -0.4 is 10.6 Å². The van der Waals surface area contributed by atoms with Crippen LogP contribution in [0.15, 0.2) is 12.4 Å². The van der Waals surface area contributed by atoms with Crippen LogP contribution in [0.1, 0.15) is 109 Å². The van der Waals surface area contributed by atoms with E-state index in [4.69, 9.17) is 19.8 Å². The maximum Gasteiger partial charge on any atom is 0.255 e. The van der Waals surface area contributed by atoms with Crippen LogP contribution in [0.2, 0.25) is 25.7 Å². The number of carbonyl (C=O) groups excluding carboxylic acids is 2. The van der Waals surface area contributed by atoms with E-state index in [2.05, 4.69) is 40.5 Å². The molecule has 14 heteroatoms. The van der Waals surface area contributed by atoms with Gasteiger partial charge in [-0.1, -0.05) is 19.6 Å². The van der Waals surface area contributed by atoms with Gasteiger partial charge in [0.2, 0.25) is 0 Å². The van der Waals surface area contributed by atoms with E-state index in [-0.39, 0.29) is 22.9 Å². The molecule has 0 unspecified atom stereocenters. The van der Waals surface area contributed by atoms with Crippen LogP contribution in [-0.2, 0) is 37.2 Å². The van der Waals surface area contributed by atoms with Crippen molar-refractivity contribution in [3.05, 3.63) is 44.7 Å². The summed E-state index contributed by atoms with van der Waals surface area (Å²) in [6.45, 7) is 19.9. The zero-order valence-corrected chi connectivity index (χ0v) is 33.8. The van der Waals surface area contributed by atoms with Gasteiger partial charge in [-0.2, -0.15) is 10.2 Å². The number of rotatable bonds is 9. The second-order valence-electron chi connectivity index (χ2n) is 16.5. The van der Waals surface area contributed by atoms with E-state index >= 15 is 0 Å². The predicted molar refractivity (Wildman–Crippen MR) is 205 cm³/mol. The number of ether oxygens (including phenoxy) is 1. The Morgan fingerprint density at radius 2 is 1.38 bits per heavy atom. The summed E-state index contributed by atoms with van der Waals surface area (Å²) in [5.41, 5.74) is 4.32. The lowest BCUT2D eigenvalue weighted by Gasteiger charge is -2.20. The molecule has 0 aromatic carbocycles. The maximum absolute atomic E-state index is 12.9. The molecule has 50 heavy (non-hydrogen) atoms. The highest BCUT2D eigenvalue weighted by Crippen LogP contribution is 2.35. The minimum atomic E-state index is -1.13. The van der Waals surface area contributed by atoms with Crippen LogP contribution in [0, 0.1) is 0 Å². The van der Waals surface area contributed by atoms with Gasteiger partial charge in [0.1, 0.15) is 28.1 Å². The van der Waals surface area contributed by atoms with Gasteiger partial charge in [0, 0.05) is 41.7 Å². The lowest BCUT2D eigenvalue weighted by atomic mass is 10.0. The zero-order chi connectivity index (χ0) is 36.3. The number of thiazole rings is 2. The number of aromatic amines is 1. The first-order chi connectivity index (χ1) is 23.5. The molecule has 0 radical (unpaired) electrons. The molecule has 2 aliphatic carbocycles. The summed E-state index contributed by atoms with van der Waals surface area (Å²) in [6, 6.07) is 1.11. The van der Waals surface area contributed by atoms with Crippen molar-refractivity contribution < 1.29 is 14.3 Å². The first-order valence-electron chi connectivity index (χ1n) is 17.8. The second kappa shape index (κ2) is 15.6. The number of H-pyrrole nitrogens is 1. The third-order valence-corrected chi connectivity index (χ3v) is 12.2. The Labute approximate surface area is 305 Å². The molecule has 11 nitrogen and oxygen atoms in total. The summed E-state index contributed by atoms with van der Waals surface area (Å²) in [5.74, 6) is -0.228. The summed E-state index contributed by atoms with van der Waals surface area (Å²) in [5, 5.41) is 19.4. The molecule has 0 atom stereocenters. The molecule has 0 aliphatic heterocycles. The van der Waals surface area contributed by atoms with E-state index in [1.807, 2.05) is 41.5 Å². The Balaban J connectivity index is 0.000000204. The third-order valence-electron chi connectivity index (χ3n) is 8.20. The first kappa shape index (κ1) is 38.0. The topological polar surface area (TPSA) is 140 Å². The number of hydrogen-bond donors (Lipinski definition) is 3. The molecule has 0 bridgehead atoms. The van der Waals surface area contributed by atoms with E-state index < -0.39 is 8.07 Å². The van der Waals surface area contributed by atoms with Gasteiger partial charge in [-0.3, -0.25) is 14.7 Å². The Bertz CT molecular complexity index is 1740. The van der Waals surface area contributed by atoms with Gasteiger partial charge in [-0.05, 0) is 99.0 Å². The van der Waals surface area contributed by atoms with E-state index in [9.17, 15) is 9.59 Å². The van der Waals surface area contributed by atoms with Gasteiger partial charge < -0.3 is 15.4 Å². The minimum Gasteiger partial charge on any atom is -0.360 e. The average molecular weight is 739 g/mol. The fourth-order valence-electron chi connectivity index (χ4n) is 5.70. The van der Waals surface area contributed by atoms with Crippen LogP contribution >= 0.6 is 22.7 Å². The van der Waals surface area contributed by atoms with Gasteiger partial charge >= 0.3 is 0 Å². The van der Waals surface area contributed by atoms with Crippen molar-refractivity contribution in [2.45, 2.75) is 136 Å². The van der Waals surface area contributed by atoms with E-state index in [1.165, 1.54) is 46.8 Å². The van der Waals surface area contributed by atoms with Crippen LogP contribution in [0.4, 0.5) is 0 Å². The van der Waals surface area contributed by atoms with Gasteiger partial charge in [-0.15, -0.1) is 22.7 Å². The van der Waals surface area contributed by atoms with Gasteiger partial charge in [0.25, 0.3) is 11.8 Å². The standard InChI is InChI=1S/C21H34N4O2SSi.C15H20N4OS/c1-21(2,3)23-19(26)15-13-25(14-27-11-12-29(4,5)6)24-18(15)20-22-16-9-7-8-10-17(16)28-20;1-15(2,3)18-13(20)9-8-16-19-12(9)14-17-10-6-4-5-7-11(10)21-14/h13H,7-12,14H2,1-6H3,(H,23,26);8H,4-7H2,1-3H3,(H,16,19)(H,18,20). The third kappa shape index (κ3) is 10.4. The molecule has 2 amide bonds. The summed E-state index contributed by atoms with van der Waals surface area (Å²) in [4.78, 5) is 37.5. The van der Waals surface area contributed by atoms with Crippen molar-refractivity contribution in [2.75, 3.05) is 6.61 Å². The largest absolute Gasteiger partial charge is 0.360 e. The van der Waals surface area contributed by atoms with Crippen LogP contribution in [0.3, 0.4) is 0 Å². The quantitative estimate of drug-likeness (QED) is 0.118. The minimum absolute atomic E-state index is 0.112. The molecule has 4 heterocycles. The number of amides is 2. The van der Waals surface area contributed by atoms with Crippen LogP contribution in [0.5, 0.6) is 0 Å². The highest BCUT2D eigenvalue weighted by molar-refractivity contribution is 7.15. The number of nitrogens with one attached hydrogen (secondary N) is 3. The molecular formula is C36H54N8O3S2Si. The molecule has 4 aromatic rings. The summed E-state index contributed by atoms with van der Waals surface area (Å²) in [6.07, 6.45) is 12.5. The number of aryl methyl sites for hydroxylation is 4. The van der Waals surface area contributed by atoms with E-state index in [1.54, 1.807) is 39.7 Å². The molecule has 0 saturated heterocycles. The van der Waals surface area contributed by atoms with Crippen molar-refractivity contribution in [2.24, 2.45) is 0 Å². The first-order valence-corrected chi connectivity index (χ1v) is 23.1. The molecule has 0 fully saturated rings. The smallest absolute Gasteiger partial charge is 0.255 e.